The van der Waals surface area contributed by atoms with Gasteiger partial charge in [-0.15, -0.1) is 0 Å². The molecule has 6 heteroatoms. The summed E-state index contributed by atoms with van der Waals surface area (Å²) in [7, 11) is 3.44. The maximum Gasteiger partial charge on any atom is 0.274 e. The van der Waals surface area contributed by atoms with Crippen LogP contribution in [-0.2, 0) is 11.8 Å². The molecular formula is C13H22N4O2. The summed E-state index contributed by atoms with van der Waals surface area (Å²) in [6, 6.07) is 0. The lowest BCUT2D eigenvalue weighted by Gasteiger charge is -2.36. The summed E-state index contributed by atoms with van der Waals surface area (Å²) in [6.07, 6.45) is 1.04. The van der Waals surface area contributed by atoms with Crippen LogP contribution in [0.3, 0.4) is 0 Å². The number of likely N-dealkylation sites (tertiary alicyclic amines) is 1. The predicted octanol–water partition coefficient (Wildman–Crippen LogP) is 0.808. The number of ether oxygens (including phenoxy) is 1. The van der Waals surface area contributed by atoms with Crippen LogP contribution in [-0.4, -0.2) is 46.9 Å². The molecule has 1 aliphatic heterocycles. The first-order valence-corrected chi connectivity index (χ1v) is 6.56. The lowest BCUT2D eigenvalue weighted by atomic mass is 9.95. The Labute approximate surface area is 113 Å². The van der Waals surface area contributed by atoms with Gasteiger partial charge >= 0.3 is 0 Å². The number of aromatic nitrogens is 2. The van der Waals surface area contributed by atoms with Crippen molar-refractivity contribution in [3.8, 4) is 0 Å². The average molecular weight is 266 g/mol. The van der Waals surface area contributed by atoms with E-state index in [4.69, 9.17) is 10.5 Å². The van der Waals surface area contributed by atoms with Gasteiger partial charge in [-0.1, -0.05) is 6.92 Å². The highest BCUT2D eigenvalue weighted by Gasteiger charge is 2.31. The molecule has 1 fully saturated rings. The van der Waals surface area contributed by atoms with Crippen molar-refractivity contribution in [3.63, 3.8) is 0 Å². The molecule has 0 aliphatic carbocycles. The van der Waals surface area contributed by atoms with Gasteiger partial charge in [-0.05, 0) is 19.3 Å². The van der Waals surface area contributed by atoms with E-state index >= 15 is 0 Å². The molecule has 106 valence electrons. The number of rotatable bonds is 2. The van der Waals surface area contributed by atoms with E-state index in [-0.39, 0.29) is 12.0 Å². The molecule has 6 nitrogen and oxygen atoms in total. The fourth-order valence-corrected chi connectivity index (χ4v) is 2.60. The highest BCUT2D eigenvalue weighted by Crippen LogP contribution is 2.23. The molecule has 2 atom stereocenters. The lowest BCUT2D eigenvalue weighted by molar-refractivity contribution is -0.00190. The lowest BCUT2D eigenvalue weighted by Crippen LogP contribution is -2.47. The number of aryl methyl sites for hydroxylation is 2. The zero-order valence-electron chi connectivity index (χ0n) is 12.0. The van der Waals surface area contributed by atoms with Crippen LogP contribution in [0, 0.1) is 12.8 Å². The van der Waals surface area contributed by atoms with Crippen LogP contribution in [0.25, 0.3) is 0 Å². The summed E-state index contributed by atoms with van der Waals surface area (Å²) < 4.78 is 7.00. The Morgan fingerprint density at radius 1 is 1.53 bits per heavy atom. The molecule has 2 unspecified atom stereocenters. The largest absolute Gasteiger partial charge is 0.395 e. The van der Waals surface area contributed by atoms with Crippen molar-refractivity contribution in [2.45, 2.75) is 26.4 Å². The van der Waals surface area contributed by atoms with Crippen LogP contribution in [0.4, 0.5) is 5.69 Å². The van der Waals surface area contributed by atoms with Gasteiger partial charge in [-0.2, -0.15) is 5.10 Å². The van der Waals surface area contributed by atoms with Gasteiger partial charge in [0.2, 0.25) is 0 Å². The zero-order chi connectivity index (χ0) is 14.2. The Kier molecular flexibility index (Phi) is 3.80. The maximum atomic E-state index is 12.6. The summed E-state index contributed by atoms with van der Waals surface area (Å²) >= 11 is 0. The highest BCUT2D eigenvalue weighted by atomic mass is 16.5. The molecule has 1 aliphatic rings. The SMILES string of the molecule is COC1CN(C(=O)c2c(N)c(C)nn2C)CCC1C. The first-order valence-electron chi connectivity index (χ1n) is 6.56. The predicted molar refractivity (Wildman–Crippen MR) is 72.8 cm³/mol. The number of hydrogen-bond acceptors (Lipinski definition) is 4. The van der Waals surface area contributed by atoms with Crippen molar-refractivity contribution in [2.24, 2.45) is 13.0 Å². The fraction of sp³-hybridized carbons (Fsp3) is 0.692. The van der Waals surface area contributed by atoms with Crippen molar-refractivity contribution >= 4 is 11.6 Å². The minimum absolute atomic E-state index is 0.0606. The summed E-state index contributed by atoms with van der Waals surface area (Å²) in [6.45, 7) is 5.31. The Balaban J connectivity index is 2.20. The first kappa shape index (κ1) is 13.9. The average Bonchev–Trinajstić information content (AvgIpc) is 2.63. The normalized spacial score (nSPS) is 23.7. The van der Waals surface area contributed by atoms with Gasteiger partial charge in [0.1, 0.15) is 5.69 Å². The molecule has 1 aromatic rings. The number of anilines is 1. The van der Waals surface area contributed by atoms with Crippen LogP contribution in [0.2, 0.25) is 0 Å². The second kappa shape index (κ2) is 5.21. The van der Waals surface area contributed by atoms with Gasteiger partial charge in [0, 0.05) is 27.2 Å². The second-order valence-electron chi connectivity index (χ2n) is 5.26. The minimum Gasteiger partial charge on any atom is -0.395 e. The molecule has 0 spiro atoms. The molecule has 0 bridgehead atoms. The van der Waals surface area contributed by atoms with E-state index in [9.17, 15) is 4.79 Å². The summed E-state index contributed by atoms with van der Waals surface area (Å²) in [5, 5.41) is 4.19. The number of piperidine rings is 1. The Morgan fingerprint density at radius 3 is 2.74 bits per heavy atom. The van der Waals surface area contributed by atoms with Gasteiger partial charge in [0.15, 0.2) is 0 Å². The third-order valence-electron chi connectivity index (χ3n) is 3.95. The number of methoxy groups -OCH3 is 1. The number of nitrogen functional groups attached to an aromatic ring is 1. The standard InChI is InChI=1S/C13H22N4O2/c1-8-5-6-17(7-10(8)19-4)13(18)12-11(14)9(2)15-16(12)3/h8,10H,5-7,14H2,1-4H3. The number of carbonyl (C=O) groups is 1. The third kappa shape index (κ3) is 2.45. The van der Waals surface area contributed by atoms with Gasteiger partial charge in [0.05, 0.1) is 17.5 Å². The van der Waals surface area contributed by atoms with E-state index in [0.717, 1.165) is 13.0 Å². The topological polar surface area (TPSA) is 73.4 Å². The van der Waals surface area contributed by atoms with Crippen molar-refractivity contribution in [1.29, 1.82) is 0 Å². The summed E-state index contributed by atoms with van der Waals surface area (Å²) in [4.78, 5) is 14.4. The van der Waals surface area contributed by atoms with Crippen molar-refractivity contribution in [3.05, 3.63) is 11.4 Å². The van der Waals surface area contributed by atoms with Crippen LogP contribution < -0.4 is 5.73 Å². The summed E-state index contributed by atoms with van der Waals surface area (Å²) in [5.41, 5.74) is 7.58. The Hall–Kier alpha value is -1.56. The van der Waals surface area contributed by atoms with Gasteiger partial charge < -0.3 is 15.4 Å². The van der Waals surface area contributed by atoms with Crippen LogP contribution in [0.5, 0.6) is 0 Å². The smallest absolute Gasteiger partial charge is 0.274 e. The van der Waals surface area contributed by atoms with E-state index in [1.807, 2.05) is 6.92 Å². The van der Waals surface area contributed by atoms with Crippen molar-refractivity contribution in [2.75, 3.05) is 25.9 Å². The van der Waals surface area contributed by atoms with Gasteiger partial charge in [-0.3, -0.25) is 9.48 Å². The molecule has 2 rings (SSSR count). The van der Waals surface area contributed by atoms with E-state index < -0.39 is 0 Å². The third-order valence-corrected chi connectivity index (χ3v) is 3.95. The van der Waals surface area contributed by atoms with E-state index in [2.05, 4.69) is 12.0 Å². The van der Waals surface area contributed by atoms with Gasteiger partial charge in [0.25, 0.3) is 5.91 Å². The van der Waals surface area contributed by atoms with Crippen molar-refractivity contribution < 1.29 is 9.53 Å². The molecule has 1 aromatic heterocycles. The van der Waals surface area contributed by atoms with Crippen LogP contribution in [0.1, 0.15) is 29.5 Å². The van der Waals surface area contributed by atoms with Crippen LogP contribution in [0.15, 0.2) is 0 Å². The Bertz CT molecular complexity index is 483. The summed E-state index contributed by atoms with van der Waals surface area (Å²) in [5.74, 6) is 0.411. The zero-order valence-corrected chi connectivity index (χ0v) is 12.0. The molecule has 1 saturated heterocycles. The fourth-order valence-electron chi connectivity index (χ4n) is 2.60. The monoisotopic (exact) mass is 266 g/mol. The van der Waals surface area contributed by atoms with Crippen LogP contribution >= 0.6 is 0 Å². The van der Waals surface area contributed by atoms with E-state index in [0.29, 0.717) is 29.5 Å². The molecule has 0 aromatic carbocycles. The van der Waals surface area contributed by atoms with E-state index in [1.165, 1.54) is 0 Å². The number of carbonyl (C=O) groups excluding carboxylic acids is 1. The number of nitrogens with two attached hydrogens (primary N) is 1. The minimum atomic E-state index is -0.0606. The van der Waals surface area contributed by atoms with Crippen molar-refractivity contribution in [1.82, 2.24) is 14.7 Å². The number of hydrogen-bond donors (Lipinski definition) is 1. The molecule has 2 N–H and O–H groups in total. The molecule has 1 amide bonds. The molecule has 0 saturated carbocycles. The molecule has 2 heterocycles. The first-order chi connectivity index (χ1) is 8.95. The van der Waals surface area contributed by atoms with E-state index in [1.54, 1.807) is 23.7 Å². The number of amides is 1. The molecule has 19 heavy (non-hydrogen) atoms. The quantitative estimate of drug-likeness (QED) is 0.859. The van der Waals surface area contributed by atoms with Gasteiger partial charge in [-0.25, -0.2) is 0 Å². The second-order valence-corrected chi connectivity index (χ2v) is 5.26. The maximum absolute atomic E-state index is 12.6. The Morgan fingerprint density at radius 2 is 2.21 bits per heavy atom. The molecular weight excluding hydrogens is 244 g/mol. The number of nitrogens with zero attached hydrogens (tertiary/aromatic N) is 3. The highest BCUT2D eigenvalue weighted by molar-refractivity contribution is 5.98. The molecule has 0 radical (unpaired) electrons.